The lowest BCUT2D eigenvalue weighted by molar-refractivity contribution is -0.119. The number of Topliss-reactive ketones (excluding diaryl/α,β-unsaturated/α-hetero) is 1. The Balaban J connectivity index is 1.71. The molecule has 6 heteroatoms. The Hall–Kier alpha value is -3.38. The smallest absolute Gasteiger partial charge is 0.227 e. The summed E-state index contributed by atoms with van der Waals surface area (Å²) in [4.78, 5) is 30.1. The summed E-state index contributed by atoms with van der Waals surface area (Å²) in [5, 5.41) is 5.62. The van der Waals surface area contributed by atoms with Gasteiger partial charge in [0, 0.05) is 34.9 Å². The van der Waals surface area contributed by atoms with Crippen LogP contribution in [0, 0.1) is 0 Å². The molecule has 1 aliphatic heterocycles. The van der Waals surface area contributed by atoms with E-state index in [9.17, 15) is 9.59 Å². The Bertz CT molecular complexity index is 1210. The minimum absolute atomic E-state index is 0.0213. The number of methoxy groups -OCH3 is 1. The highest BCUT2D eigenvalue weighted by Gasteiger charge is 2.41. The highest BCUT2D eigenvalue weighted by molar-refractivity contribution is 7.10. The number of allylic oxidation sites excluding steroid dienone is 1. The minimum Gasteiger partial charge on any atom is -0.497 e. The molecule has 2 aromatic carbocycles. The number of rotatable bonds is 4. The maximum absolute atomic E-state index is 13.7. The Labute approximate surface area is 197 Å². The summed E-state index contributed by atoms with van der Waals surface area (Å²) < 4.78 is 5.35. The molecule has 2 heterocycles. The van der Waals surface area contributed by atoms with Crippen LogP contribution in [-0.4, -0.2) is 18.8 Å². The second-order valence-electron chi connectivity index (χ2n) is 8.37. The SMILES string of the molecule is CCC(=O)N1c2ccccc2NC2=C(C(=O)C[C@@H](c3cccs3)C2)[C@@H]1c1ccc(OC)cc1. The lowest BCUT2D eigenvalue weighted by Crippen LogP contribution is -2.38. The highest BCUT2D eigenvalue weighted by atomic mass is 32.1. The predicted octanol–water partition coefficient (Wildman–Crippen LogP) is 6.07. The molecule has 1 amide bonds. The topological polar surface area (TPSA) is 58.6 Å². The van der Waals surface area contributed by atoms with E-state index in [0.29, 0.717) is 18.4 Å². The van der Waals surface area contributed by atoms with Crippen LogP contribution < -0.4 is 15.0 Å². The van der Waals surface area contributed by atoms with Gasteiger partial charge in [-0.2, -0.15) is 0 Å². The molecular weight excluding hydrogens is 432 g/mol. The van der Waals surface area contributed by atoms with Gasteiger partial charge in [0.15, 0.2) is 5.78 Å². The van der Waals surface area contributed by atoms with Crippen molar-refractivity contribution < 1.29 is 14.3 Å². The van der Waals surface area contributed by atoms with Gasteiger partial charge in [0.1, 0.15) is 5.75 Å². The molecule has 1 aliphatic carbocycles. The Morgan fingerprint density at radius 1 is 1.09 bits per heavy atom. The van der Waals surface area contributed by atoms with Gasteiger partial charge >= 0.3 is 0 Å². The van der Waals surface area contributed by atoms with E-state index in [-0.39, 0.29) is 17.6 Å². The van der Waals surface area contributed by atoms with Gasteiger partial charge < -0.3 is 10.1 Å². The van der Waals surface area contributed by atoms with Crippen LogP contribution in [0.4, 0.5) is 11.4 Å². The first-order valence-corrected chi connectivity index (χ1v) is 12.1. The number of ketones is 1. The fourth-order valence-corrected chi connectivity index (χ4v) is 5.69. The first-order chi connectivity index (χ1) is 16.1. The first kappa shape index (κ1) is 21.5. The van der Waals surface area contributed by atoms with Crippen molar-refractivity contribution in [2.24, 2.45) is 0 Å². The van der Waals surface area contributed by atoms with Gasteiger partial charge in [-0.3, -0.25) is 14.5 Å². The second kappa shape index (κ2) is 8.87. The number of amides is 1. The third-order valence-corrected chi connectivity index (χ3v) is 7.47. The molecule has 0 saturated carbocycles. The van der Waals surface area contributed by atoms with Crippen molar-refractivity contribution in [2.75, 3.05) is 17.3 Å². The normalized spacial score (nSPS) is 19.9. The van der Waals surface area contributed by atoms with Crippen molar-refractivity contribution in [3.8, 4) is 5.75 Å². The molecule has 2 atom stereocenters. The molecule has 0 saturated heterocycles. The number of ether oxygens (including phenoxy) is 1. The lowest BCUT2D eigenvalue weighted by Gasteiger charge is -2.35. The monoisotopic (exact) mass is 458 g/mol. The quantitative estimate of drug-likeness (QED) is 0.516. The van der Waals surface area contributed by atoms with Crippen LogP contribution in [0.3, 0.4) is 0 Å². The van der Waals surface area contributed by atoms with Crippen LogP contribution in [0.25, 0.3) is 0 Å². The van der Waals surface area contributed by atoms with E-state index in [2.05, 4.69) is 16.8 Å². The molecule has 3 aromatic rings. The molecule has 1 aromatic heterocycles. The number of benzene rings is 2. The number of hydrogen-bond acceptors (Lipinski definition) is 5. The third kappa shape index (κ3) is 3.85. The standard InChI is InChI=1S/C27H26N2O3S/c1-3-25(31)29-22-8-5-4-7-20(22)28-21-15-18(24-9-6-14-33-24)16-23(30)26(21)27(29)17-10-12-19(32-2)13-11-17/h4-14,18,27-28H,3,15-16H2,1-2H3/t18-,27-/m0/s1. The third-order valence-electron chi connectivity index (χ3n) is 6.44. The second-order valence-corrected chi connectivity index (χ2v) is 9.35. The fraction of sp³-hybridized carbons (Fsp3) is 0.259. The van der Waals surface area contributed by atoms with Crippen LogP contribution in [-0.2, 0) is 9.59 Å². The molecule has 1 N–H and O–H groups in total. The van der Waals surface area contributed by atoms with Crippen LogP contribution in [0.15, 0.2) is 77.3 Å². The van der Waals surface area contributed by atoms with Gasteiger partial charge in [0.2, 0.25) is 5.91 Å². The molecule has 168 valence electrons. The van der Waals surface area contributed by atoms with E-state index in [1.165, 1.54) is 4.88 Å². The van der Waals surface area contributed by atoms with Gasteiger partial charge in [-0.1, -0.05) is 37.3 Å². The van der Waals surface area contributed by atoms with Crippen molar-refractivity contribution in [1.29, 1.82) is 0 Å². The Morgan fingerprint density at radius 3 is 2.58 bits per heavy atom. The zero-order chi connectivity index (χ0) is 22.9. The molecular formula is C27H26N2O3S. The maximum Gasteiger partial charge on any atom is 0.227 e. The fourth-order valence-electron chi connectivity index (χ4n) is 4.86. The molecule has 5 nitrogen and oxygen atoms in total. The minimum atomic E-state index is -0.494. The number of para-hydroxylation sites is 2. The molecule has 0 bridgehead atoms. The lowest BCUT2D eigenvalue weighted by atomic mass is 9.80. The number of carbonyl (C=O) groups excluding carboxylic acids is 2. The van der Waals surface area contributed by atoms with Crippen LogP contribution in [0.2, 0.25) is 0 Å². The van der Waals surface area contributed by atoms with Gasteiger partial charge in [0.25, 0.3) is 0 Å². The molecule has 0 unspecified atom stereocenters. The van der Waals surface area contributed by atoms with Crippen molar-refractivity contribution in [3.05, 3.63) is 87.8 Å². The number of hydrogen-bond donors (Lipinski definition) is 1. The Kier molecular flexibility index (Phi) is 5.77. The van der Waals surface area contributed by atoms with Gasteiger partial charge in [-0.25, -0.2) is 0 Å². The molecule has 0 fully saturated rings. The average molecular weight is 459 g/mol. The van der Waals surface area contributed by atoms with E-state index < -0.39 is 6.04 Å². The van der Waals surface area contributed by atoms with Crippen LogP contribution in [0.5, 0.6) is 5.75 Å². The number of nitrogens with zero attached hydrogens (tertiary/aromatic N) is 1. The molecule has 33 heavy (non-hydrogen) atoms. The van der Waals surface area contributed by atoms with Crippen LogP contribution in [0.1, 0.15) is 48.6 Å². The van der Waals surface area contributed by atoms with Crippen molar-refractivity contribution in [1.82, 2.24) is 0 Å². The number of thiophene rings is 1. The molecule has 5 rings (SSSR count). The number of carbonyl (C=O) groups is 2. The van der Waals surface area contributed by atoms with Gasteiger partial charge in [-0.05, 0) is 47.7 Å². The number of anilines is 2. The van der Waals surface area contributed by atoms with E-state index in [0.717, 1.165) is 34.8 Å². The zero-order valence-electron chi connectivity index (χ0n) is 18.7. The number of nitrogens with one attached hydrogen (secondary N) is 1. The van der Waals surface area contributed by atoms with E-state index in [1.807, 2.05) is 61.5 Å². The summed E-state index contributed by atoms with van der Waals surface area (Å²) in [5.41, 5.74) is 4.13. The Morgan fingerprint density at radius 2 is 1.88 bits per heavy atom. The largest absolute Gasteiger partial charge is 0.497 e. The maximum atomic E-state index is 13.7. The van der Waals surface area contributed by atoms with Crippen LogP contribution >= 0.6 is 11.3 Å². The molecule has 2 aliphatic rings. The molecule has 0 spiro atoms. The summed E-state index contributed by atoms with van der Waals surface area (Å²) in [5.74, 6) is 0.943. The predicted molar refractivity (Wildman–Crippen MR) is 132 cm³/mol. The van der Waals surface area contributed by atoms with E-state index in [4.69, 9.17) is 4.74 Å². The van der Waals surface area contributed by atoms with E-state index >= 15 is 0 Å². The summed E-state index contributed by atoms with van der Waals surface area (Å²) in [6, 6.07) is 19.1. The van der Waals surface area contributed by atoms with Crippen molar-refractivity contribution in [2.45, 2.75) is 38.1 Å². The average Bonchev–Trinajstić information content (AvgIpc) is 3.34. The summed E-state index contributed by atoms with van der Waals surface area (Å²) in [6.07, 6.45) is 1.52. The first-order valence-electron chi connectivity index (χ1n) is 11.2. The highest BCUT2D eigenvalue weighted by Crippen LogP contribution is 2.48. The summed E-state index contributed by atoms with van der Waals surface area (Å²) in [7, 11) is 1.63. The molecule has 0 radical (unpaired) electrons. The summed E-state index contributed by atoms with van der Waals surface area (Å²) >= 11 is 1.69. The van der Waals surface area contributed by atoms with Gasteiger partial charge in [0.05, 0.1) is 24.5 Å². The van der Waals surface area contributed by atoms with Crippen molar-refractivity contribution in [3.63, 3.8) is 0 Å². The van der Waals surface area contributed by atoms with E-state index in [1.54, 1.807) is 23.3 Å². The van der Waals surface area contributed by atoms with Gasteiger partial charge in [-0.15, -0.1) is 11.3 Å². The number of fused-ring (bicyclic) bond motifs is 1. The van der Waals surface area contributed by atoms with Crippen molar-refractivity contribution >= 4 is 34.4 Å². The summed E-state index contributed by atoms with van der Waals surface area (Å²) in [6.45, 7) is 1.86. The zero-order valence-corrected chi connectivity index (χ0v) is 19.5.